The number of hydrogen-bond acceptors (Lipinski definition) is 7. The molecule has 1 atom stereocenters. The predicted molar refractivity (Wildman–Crippen MR) is 113 cm³/mol. The topological polar surface area (TPSA) is 83.9 Å². The van der Waals surface area contributed by atoms with Crippen molar-refractivity contribution in [3.63, 3.8) is 0 Å². The fraction of sp³-hybridized carbons (Fsp3) is 0.286. The summed E-state index contributed by atoms with van der Waals surface area (Å²) in [6.45, 7) is 4.71. The predicted octanol–water partition coefficient (Wildman–Crippen LogP) is 3.64. The van der Waals surface area contributed by atoms with E-state index in [2.05, 4.69) is 25.3 Å². The van der Waals surface area contributed by atoms with E-state index in [0.29, 0.717) is 5.95 Å². The van der Waals surface area contributed by atoms with E-state index in [0.717, 1.165) is 46.5 Å². The number of amides is 1. The maximum atomic E-state index is 12.8. The highest BCUT2D eigenvalue weighted by Gasteiger charge is 2.32. The molecule has 1 amide bonds. The molecular formula is C21H22N6OS. The third-order valence-electron chi connectivity index (χ3n) is 4.66. The fourth-order valence-corrected chi connectivity index (χ4v) is 4.26. The third kappa shape index (κ3) is 4.71. The molecule has 0 saturated carbocycles. The Morgan fingerprint density at radius 2 is 1.79 bits per heavy atom. The molecule has 29 heavy (non-hydrogen) atoms. The minimum Gasteiger partial charge on any atom is -0.329 e. The second kappa shape index (κ2) is 8.57. The Morgan fingerprint density at radius 1 is 1.10 bits per heavy atom. The number of hydrogen-bond donors (Lipinski definition) is 1. The molecule has 1 saturated heterocycles. The average Bonchev–Trinajstić information content (AvgIpc) is 3.19. The van der Waals surface area contributed by atoms with E-state index >= 15 is 0 Å². The number of nitrogens with one attached hydrogen (secondary N) is 1. The van der Waals surface area contributed by atoms with Gasteiger partial charge in [0.1, 0.15) is 6.04 Å². The van der Waals surface area contributed by atoms with Crippen molar-refractivity contribution in [2.24, 2.45) is 0 Å². The summed E-state index contributed by atoms with van der Waals surface area (Å²) in [7, 11) is 0. The zero-order chi connectivity index (χ0) is 20.2. The van der Waals surface area contributed by atoms with Crippen LogP contribution in [0.2, 0.25) is 0 Å². The molecule has 3 aromatic rings. The Morgan fingerprint density at radius 3 is 2.48 bits per heavy atom. The molecule has 0 bridgehead atoms. The van der Waals surface area contributed by atoms with Crippen LogP contribution in [0.3, 0.4) is 0 Å². The molecule has 1 aliphatic rings. The van der Waals surface area contributed by atoms with Gasteiger partial charge in [-0.3, -0.25) is 4.79 Å². The number of aryl methyl sites for hydroxylation is 2. The van der Waals surface area contributed by atoms with E-state index < -0.39 is 0 Å². The summed E-state index contributed by atoms with van der Waals surface area (Å²) in [4.78, 5) is 33.3. The maximum absolute atomic E-state index is 12.8. The van der Waals surface area contributed by atoms with Crippen LogP contribution in [0, 0.1) is 13.8 Å². The summed E-state index contributed by atoms with van der Waals surface area (Å²) in [6, 6.07) is 11.2. The molecule has 1 aliphatic heterocycles. The molecule has 7 nitrogen and oxygen atoms in total. The van der Waals surface area contributed by atoms with E-state index in [1.165, 1.54) is 11.8 Å². The molecule has 0 unspecified atom stereocenters. The maximum Gasteiger partial charge on any atom is 0.247 e. The van der Waals surface area contributed by atoms with Crippen LogP contribution in [0.15, 0.2) is 58.8 Å². The van der Waals surface area contributed by atoms with Crippen molar-refractivity contribution in [1.29, 1.82) is 0 Å². The molecule has 0 radical (unpaired) electrons. The number of rotatable bonds is 5. The molecule has 148 valence electrons. The Bertz CT molecular complexity index is 976. The number of carbonyl (C=O) groups excluding carboxylic acids is 1. The first-order valence-corrected chi connectivity index (χ1v) is 10.3. The van der Waals surface area contributed by atoms with Gasteiger partial charge in [0.15, 0.2) is 5.16 Å². The van der Waals surface area contributed by atoms with Gasteiger partial charge in [-0.2, -0.15) is 0 Å². The highest BCUT2D eigenvalue weighted by atomic mass is 32.2. The second-order valence-corrected chi connectivity index (χ2v) is 7.99. The Hall–Kier alpha value is -3.00. The van der Waals surface area contributed by atoms with Crippen molar-refractivity contribution >= 4 is 29.3 Å². The van der Waals surface area contributed by atoms with Gasteiger partial charge in [0.2, 0.25) is 11.9 Å². The van der Waals surface area contributed by atoms with Crippen LogP contribution in [-0.2, 0) is 4.79 Å². The minimum atomic E-state index is -0.255. The van der Waals surface area contributed by atoms with Crippen molar-refractivity contribution in [3.05, 3.63) is 60.2 Å². The molecular weight excluding hydrogens is 384 g/mol. The van der Waals surface area contributed by atoms with Crippen molar-refractivity contribution < 1.29 is 4.79 Å². The summed E-state index contributed by atoms with van der Waals surface area (Å²) >= 11 is 1.51. The average molecular weight is 407 g/mol. The number of anilines is 2. The van der Waals surface area contributed by atoms with Gasteiger partial charge in [0.05, 0.1) is 0 Å². The van der Waals surface area contributed by atoms with Gasteiger partial charge >= 0.3 is 0 Å². The molecule has 0 aliphatic carbocycles. The number of benzene rings is 1. The molecule has 4 rings (SSSR count). The van der Waals surface area contributed by atoms with E-state index in [4.69, 9.17) is 0 Å². The number of carbonyl (C=O) groups is 1. The van der Waals surface area contributed by atoms with Crippen molar-refractivity contribution in [2.75, 3.05) is 16.8 Å². The monoisotopic (exact) mass is 406 g/mol. The van der Waals surface area contributed by atoms with Crippen molar-refractivity contribution in [2.45, 2.75) is 42.8 Å². The Balaban J connectivity index is 1.41. The van der Waals surface area contributed by atoms with Crippen LogP contribution in [0.25, 0.3) is 0 Å². The first-order chi connectivity index (χ1) is 14.1. The molecule has 1 aromatic carbocycles. The molecule has 3 heterocycles. The van der Waals surface area contributed by atoms with Crippen LogP contribution in [0.5, 0.6) is 0 Å². The van der Waals surface area contributed by atoms with Crippen molar-refractivity contribution in [3.8, 4) is 0 Å². The lowest BCUT2D eigenvalue weighted by Crippen LogP contribution is -2.40. The SMILES string of the molecule is Cc1cc(C)nc(Sc2ccc(NC(=O)[C@@H]3CCCN3c3ncccn3)cc2)n1. The molecule has 2 aromatic heterocycles. The summed E-state index contributed by atoms with van der Waals surface area (Å²) in [5.74, 6) is 0.568. The molecule has 8 heteroatoms. The van der Waals surface area contributed by atoms with Gasteiger partial charge in [0.25, 0.3) is 0 Å². The van der Waals surface area contributed by atoms with E-state index in [1.807, 2.05) is 49.1 Å². The largest absolute Gasteiger partial charge is 0.329 e. The third-order valence-corrected chi connectivity index (χ3v) is 5.53. The normalized spacial score (nSPS) is 16.1. The van der Waals surface area contributed by atoms with E-state index in [9.17, 15) is 4.79 Å². The first kappa shape index (κ1) is 19.3. The first-order valence-electron chi connectivity index (χ1n) is 9.53. The van der Waals surface area contributed by atoms with Gasteiger partial charge < -0.3 is 10.2 Å². The van der Waals surface area contributed by atoms with Gasteiger partial charge in [-0.15, -0.1) is 0 Å². The lowest BCUT2D eigenvalue weighted by molar-refractivity contribution is -0.117. The highest BCUT2D eigenvalue weighted by Crippen LogP contribution is 2.27. The zero-order valence-electron chi connectivity index (χ0n) is 16.4. The van der Waals surface area contributed by atoms with Crippen LogP contribution >= 0.6 is 11.8 Å². The quantitative estimate of drug-likeness (QED) is 0.648. The second-order valence-electron chi connectivity index (χ2n) is 6.95. The molecule has 1 fully saturated rings. The lowest BCUT2D eigenvalue weighted by Gasteiger charge is -2.23. The van der Waals surface area contributed by atoms with Gasteiger partial charge in [-0.1, -0.05) is 0 Å². The standard InChI is InChI=1S/C21H22N6OS/c1-14-13-15(2)25-21(24-14)29-17-8-6-16(7-9-17)26-19(28)18-5-3-12-27(18)20-22-10-4-11-23-20/h4,6-11,13,18H,3,5,12H2,1-2H3,(H,26,28)/t18-/m0/s1. The Kier molecular flexibility index (Phi) is 5.71. The summed E-state index contributed by atoms with van der Waals surface area (Å²) in [5.41, 5.74) is 2.67. The van der Waals surface area contributed by atoms with Crippen LogP contribution < -0.4 is 10.2 Å². The van der Waals surface area contributed by atoms with Crippen LogP contribution in [-0.4, -0.2) is 38.4 Å². The zero-order valence-corrected chi connectivity index (χ0v) is 17.2. The van der Waals surface area contributed by atoms with Crippen LogP contribution in [0.4, 0.5) is 11.6 Å². The van der Waals surface area contributed by atoms with Gasteiger partial charge in [-0.05, 0) is 74.8 Å². The summed E-state index contributed by atoms with van der Waals surface area (Å²) < 4.78 is 0. The van der Waals surface area contributed by atoms with Gasteiger partial charge in [0, 0.05) is 40.9 Å². The Labute approximate surface area is 174 Å². The molecule has 0 spiro atoms. The summed E-state index contributed by atoms with van der Waals surface area (Å²) in [6.07, 6.45) is 5.14. The highest BCUT2D eigenvalue weighted by molar-refractivity contribution is 7.99. The number of nitrogens with zero attached hydrogens (tertiary/aromatic N) is 5. The van der Waals surface area contributed by atoms with Gasteiger partial charge in [-0.25, -0.2) is 19.9 Å². The van der Waals surface area contributed by atoms with E-state index in [1.54, 1.807) is 18.5 Å². The lowest BCUT2D eigenvalue weighted by atomic mass is 10.2. The number of aromatic nitrogens is 4. The fourth-order valence-electron chi connectivity index (χ4n) is 3.39. The molecule has 1 N–H and O–H groups in total. The summed E-state index contributed by atoms with van der Waals surface area (Å²) in [5, 5.41) is 3.74. The van der Waals surface area contributed by atoms with Crippen molar-refractivity contribution in [1.82, 2.24) is 19.9 Å². The van der Waals surface area contributed by atoms with Crippen LogP contribution in [0.1, 0.15) is 24.2 Å². The minimum absolute atomic E-state index is 0.0343. The smallest absolute Gasteiger partial charge is 0.247 e. The van der Waals surface area contributed by atoms with E-state index in [-0.39, 0.29) is 11.9 Å².